The van der Waals surface area contributed by atoms with Gasteiger partial charge in [0.1, 0.15) is 0 Å². The molecular formula is C12H17N3OS. The zero-order valence-electron chi connectivity index (χ0n) is 9.76. The van der Waals surface area contributed by atoms with Crippen molar-refractivity contribution in [3.05, 3.63) is 23.5 Å². The van der Waals surface area contributed by atoms with Crippen LogP contribution in [0.5, 0.6) is 0 Å². The summed E-state index contributed by atoms with van der Waals surface area (Å²) in [4.78, 5) is 5.35. The number of nitrogens with one attached hydrogen (secondary N) is 1. The van der Waals surface area contributed by atoms with Gasteiger partial charge in [0.15, 0.2) is 4.96 Å². The van der Waals surface area contributed by atoms with Crippen molar-refractivity contribution in [2.24, 2.45) is 0 Å². The number of thiazole rings is 1. The molecule has 0 aliphatic carbocycles. The summed E-state index contributed by atoms with van der Waals surface area (Å²) in [5.74, 6) is 0. The molecule has 1 atom stereocenters. The first kappa shape index (κ1) is 11.2. The van der Waals surface area contributed by atoms with Crippen molar-refractivity contribution in [2.75, 3.05) is 19.7 Å². The molecule has 4 nitrogen and oxygen atoms in total. The van der Waals surface area contributed by atoms with Gasteiger partial charge in [-0.1, -0.05) is 0 Å². The van der Waals surface area contributed by atoms with E-state index in [1.807, 2.05) is 12.4 Å². The van der Waals surface area contributed by atoms with E-state index in [1.54, 1.807) is 11.3 Å². The quantitative estimate of drug-likeness (QED) is 0.822. The largest absolute Gasteiger partial charge is 0.377 e. The van der Waals surface area contributed by atoms with Crippen LogP contribution in [0.2, 0.25) is 0 Å². The van der Waals surface area contributed by atoms with E-state index in [9.17, 15) is 0 Å². The number of imidazole rings is 1. The molecule has 1 unspecified atom stereocenters. The first-order chi connectivity index (χ1) is 8.43. The fourth-order valence-electron chi connectivity index (χ4n) is 2.24. The van der Waals surface area contributed by atoms with E-state index in [0.29, 0.717) is 6.10 Å². The molecule has 0 radical (unpaired) electrons. The second-order valence-corrected chi connectivity index (χ2v) is 5.23. The van der Waals surface area contributed by atoms with Crippen molar-refractivity contribution >= 4 is 16.3 Å². The molecule has 2 aromatic heterocycles. The van der Waals surface area contributed by atoms with Crippen molar-refractivity contribution in [1.82, 2.24) is 14.7 Å². The summed E-state index contributed by atoms with van der Waals surface area (Å²) in [6.45, 7) is 2.92. The molecule has 17 heavy (non-hydrogen) atoms. The maximum Gasteiger partial charge on any atom is 0.193 e. The van der Waals surface area contributed by atoms with Gasteiger partial charge < -0.3 is 10.1 Å². The summed E-state index contributed by atoms with van der Waals surface area (Å²) in [7, 11) is 0. The van der Waals surface area contributed by atoms with Gasteiger partial charge in [-0.15, -0.1) is 11.3 Å². The van der Waals surface area contributed by atoms with Crippen molar-refractivity contribution in [1.29, 1.82) is 0 Å². The first-order valence-corrected chi connectivity index (χ1v) is 7.03. The van der Waals surface area contributed by atoms with Crippen LogP contribution in [0.15, 0.2) is 17.8 Å². The Hall–Kier alpha value is -0.910. The van der Waals surface area contributed by atoms with Crippen LogP contribution >= 0.6 is 11.3 Å². The fourth-order valence-corrected chi connectivity index (χ4v) is 3.12. The summed E-state index contributed by atoms with van der Waals surface area (Å²) in [5.41, 5.74) is 1.34. The predicted molar refractivity (Wildman–Crippen MR) is 68.6 cm³/mol. The minimum Gasteiger partial charge on any atom is -0.377 e. The highest BCUT2D eigenvalue weighted by Crippen LogP contribution is 2.14. The predicted octanol–water partition coefficient (Wildman–Crippen LogP) is 1.71. The molecule has 0 bridgehead atoms. The van der Waals surface area contributed by atoms with Crippen molar-refractivity contribution in [3.8, 4) is 0 Å². The van der Waals surface area contributed by atoms with Gasteiger partial charge in [-0.3, -0.25) is 4.40 Å². The molecule has 0 aromatic carbocycles. The van der Waals surface area contributed by atoms with Crippen LogP contribution in [0.4, 0.5) is 0 Å². The maximum absolute atomic E-state index is 5.57. The molecule has 0 amide bonds. The summed E-state index contributed by atoms with van der Waals surface area (Å²) in [6, 6.07) is 0. The van der Waals surface area contributed by atoms with E-state index in [1.165, 1.54) is 18.5 Å². The number of ether oxygens (including phenoxy) is 1. The Bertz CT molecular complexity index is 473. The lowest BCUT2D eigenvalue weighted by Gasteiger charge is -2.10. The Morgan fingerprint density at radius 3 is 3.47 bits per heavy atom. The third kappa shape index (κ3) is 2.51. The van der Waals surface area contributed by atoms with E-state index in [0.717, 1.165) is 31.1 Å². The highest BCUT2D eigenvalue weighted by atomic mass is 32.1. The summed E-state index contributed by atoms with van der Waals surface area (Å²) in [6.07, 6.45) is 7.79. The van der Waals surface area contributed by atoms with E-state index in [4.69, 9.17) is 4.74 Å². The molecular weight excluding hydrogens is 234 g/mol. The highest BCUT2D eigenvalue weighted by Gasteiger charge is 2.14. The number of hydrogen-bond acceptors (Lipinski definition) is 4. The molecule has 3 rings (SSSR count). The SMILES string of the molecule is c1cn2c(CCNCC3CCCO3)csc2n1. The molecule has 1 aliphatic rings. The van der Waals surface area contributed by atoms with Crippen LogP contribution in [0, 0.1) is 0 Å². The van der Waals surface area contributed by atoms with E-state index in [2.05, 4.69) is 20.1 Å². The Morgan fingerprint density at radius 2 is 2.59 bits per heavy atom. The van der Waals surface area contributed by atoms with Gasteiger partial charge in [-0.25, -0.2) is 4.98 Å². The molecule has 1 N–H and O–H groups in total. The minimum atomic E-state index is 0.436. The number of fused-ring (bicyclic) bond motifs is 1. The zero-order chi connectivity index (χ0) is 11.5. The molecule has 2 aromatic rings. The van der Waals surface area contributed by atoms with Crippen molar-refractivity contribution in [2.45, 2.75) is 25.4 Å². The number of nitrogens with zero attached hydrogens (tertiary/aromatic N) is 2. The Balaban J connectivity index is 1.46. The number of aromatic nitrogens is 2. The van der Waals surface area contributed by atoms with Gasteiger partial charge in [0.25, 0.3) is 0 Å². The molecule has 0 spiro atoms. The monoisotopic (exact) mass is 251 g/mol. The van der Waals surface area contributed by atoms with Crippen LogP contribution < -0.4 is 5.32 Å². The Morgan fingerprint density at radius 1 is 1.59 bits per heavy atom. The number of hydrogen-bond donors (Lipinski definition) is 1. The zero-order valence-corrected chi connectivity index (χ0v) is 10.6. The second-order valence-electron chi connectivity index (χ2n) is 4.40. The van der Waals surface area contributed by atoms with Crippen LogP contribution in [0.25, 0.3) is 4.96 Å². The van der Waals surface area contributed by atoms with E-state index >= 15 is 0 Å². The summed E-state index contributed by atoms with van der Waals surface area (Å²) < 4.78 is 7.74. The van der Waals surface area contributed by atoms with Crippen LogP contribution in [-0.4, -0.2) is 35.2 Å². The standard InChI is InChI=1S/C12H17N3OS/c1-2-11(16-7-1)8-13-4-3-10-9-17-12-14-5-6-15(10)12/h5-6,9,11,13H,1-4,7-8H2. The second kappa shape index (κ2) is 5.16. The molecule has 0 saturated carbocycles. The Labute approximate surface area is 105 Å². The van der Waals surface area contributed by atoms with Gasteiger partial charge >= 0.3 is 0 Å². The first-order valence-electron chi connectivity index (χ1n) is 6.15. The molecule has 3 heterocycles. The maximum atomic E-state index is 5.57. The summed E-state index contributed by atoms with van der Waals surface area (Å²) >= 11 is 1.70. The van der Waals surface area contributed by atoms with E-state index < -0.39 is 0 Å². The Kier molecular flexibility index (Phi) is 3.40. The minimum absolute atomic E-state index is 0.436. The molecule has 5 heteroatoms. The molecule has 1 aliphatic heterocycles. The smallest absolute Gasteiger partial charge is 0.193 e. The van der Waals surface area contributed by atoms with E-state index in [-0.39, 0.29) is 0 Å². The van der Waals surface area contributed by atoms with Gasteiger partial charge in [0.2, 0.25) is 0 Å². The lowest BCUT2D eigenvalue weighted by atomic mass is 10.2. The lowest BCUT2D eigenvalue weighted by molar-refractivity contribution is 0.110. The normalized spacial score (nSPS) is 20.4. The fraction of sp³-hybridized carbons (Fsp3) is 0.583. The third-order valence-corrected chi connectivity index (χ3v) is 4.07. The van der Waals surface area contributed by atoms with Crippen LogP contribution in [-0.2, 0) is 11.2 Å². The molecule has 1 fully saturated rings. The van der Waals surface area contributed by atoms with Crippen molar-refractivity contribution in [3.63, 3.8) is 0 Å². The van der Waals surface area contributed by atoms with Gasteiger partial charge in [-0.05, 0) is 12.8 Å². The van der Waals surface area contributed by atoms with Crippen LogP contribution in [0.1, 0.15) is 18.5 Å². The van der Waals surface area contributed by atoms with Gasteiger partial charge in [0, 0.05) is 49.6 Å². The molecule has 92 valence electrons. The van der Waals surface area contributed by atoms with Crippen LogP contribution in [0.3, 0.4) is 0 Å². The third-order valence-electron chi connectivity index (χ3n) is 3.17. The highest BCUT2D eigenvalue weighted by molar-refractivity contribution is 7.15. The van der Waals surface area contributed by atoms with Crippen molar-refractivity contribution < 1.29 is 4.74 Å². The van der Waals surface area contributed by atoms with Gasteiger partial charge in [0.05, 0.1) is 6.10 Å². The van der Waals surface area contributed by atoms with Gasteiger partial charge in [-0.2, -0.15) is 0 Å². The summed E-state index contributed by atoms with van der Waals surface area (Å²) in [5, 5.41) is 5.66. The average molecular weight is 251 g/mol. The topological polar surface area (TPSA) is 38.6 Å². The lowest BCUT2D eigenvalue weighted by Crippen LogP contribution is -2.28. The molecule has 1 saturated heterocycles. The average Bonchev–Trinajstić information content (AvgIpc) is 3.03. The number of rotatable bonds is 5.